The van der Waals surface area contributed by atoms with E-state index in [0.29, 0.717) is 22.6 Å². The van der Waals surface area contributed by atoms with Gasteiger partial charge in [0.1, 0.15) is 17.2 Å². The van der Waals surface area contributed by atoms with Crippen LogP contribution in [0.4, 0.5) is 0 Å². The van der Waals surface area contributed by atoms with E-state index in [1.54, 1.807) is 25.3 Å². The molecule has 0 radical (unpaired) electrons. The van der Waals surface area contributed by atoms with Crippen molar-refractivity contribution in [3.05, 3.63) is 36.0 Å². The molecule has 5 nitrogen and oxygen atoms in total. The maximum atomic E-state index is 10.0. The SMILES string of the molecule is COc1cnnc(-c2cccc(CN)c2O)c1. The third kappa shape index (κ3) is 2.19. The van der Waals surface area contributed by atoms with Crippen LogP contribution in [-0.2, 0) is 6.54 Å². The van der Waals surface area contributed by atoms with Gasteiger partial charge in [-0.2, -0.15) is 10.2 Å². The van der Waals surface area contributed by atoms with Crippen LogP contribution in [0.3, 0.4) is 0 Å². The number of ether oxygens (including phenoxy) is 1. The fraction of sp³-hybridized carbons (Fsp3) is 0.167. The number of phenols is 1. The van der Waals surface area contributed by atoms with Gasteiger partial charge in [0.05, 0.1) is 13.3 Å². The van der Waals surface area contributed by atoms with Crippen molar-refractivity contribution in [3.8, 4) is 22.8 Å². The van der Waals surface area contributed by atoms with Gasteiger partial charge in [-0.25, -0.2) is 0 Å². The van der Waals surface area contributed by atoms with Gasteiger partial charge in [0.2, 0.25) is 0 Å². The number of nitrogens with two attached hydrogens (primary N) is 1. The molecule has 0 atom stereocenters. The van der Waals surface area contributed by atoms with E-state index in [4.69, 9.17) is 10.5 Å². The molecule has 1 aromatic carbocycles. The van der Waals surface area contributed by atoms with E-state index in [1.165, 1.54) is 6.20 Å². The van der Waals surface area contributed by atoms with Crippen LogP contribution in [0.15, 0.2) is 30.5 Å². The number of para-hydroxylation sites is 1. The lowest BCUT2D eigenvalue weighted by Gasteiger charge is -2.08. The first-order valence-electron chi connectivity index (χ1n) is 5.14. The molecule has 3 N–H and O–H groups in total. The van der Waals surface area contributed by atoms with Gasteiger partial charge in [-0.1, -0.05) is 12.1 Å². The lowest BCUT2D eigenvalue weighted by Crippen LogP contribution is -1.98. The van der Waals surface area contributed by atoms with Crippen molar-refractivity contribution >= 4 is 0 Å². The smallest absolute Gasteiger partial charge is 0.141 e. The quantitative estimate of drug-likeness (QED) is 0.832. The molecular formula is C12H13N3O2. The molecule has 88 valence electrons. The Morgan fingerprint density at radius 2 is 2.24 bits per heavy atom. The molecule has 0 unspecified atom stereocenters. The van der Waals surface area contributed by atoms with Gasteiger partial charge in [0.25, 0.3) is 0 Å². The number of aromatic nitrogens is 2. The number of hydrogen-bond acceptors (Lipinski definition) is 5. The Morgan fingerprint density at radius 1 is 1.41 bits per heavy atom. The average molecular weight is 231 g/mol. The van der Waals surface area contributed by atoms with Crippen molar-refractivity contribution in [3.63, 3.8) is 0 Å². The Balaban J connectivity index is 2.52. The minimum absolute atomic E-state index is 0.137. The number of benzene rings is 1. The van der Waals surface area contributed by atoms with Crippen LogP contribution in [0, 0.1) is 0 Å². The molecule has 17 heavy (non-hydrogen) atoms. The first kappa shape index (κ1) is 11.3. The van der Waals surface area contributed by atoms with Gasteiger partial charge >= 0.3 is 0 Å². The highest BCUT2D eigenvalue weighted by Crippen LogP contribution is 2.31. The van der Waals surface area contributed by atoms with Crippen molar-refractivity contribution in [1.82, 2.24) is 10.2 Å². The first-order chi connectivity index (χ1) is 8.26. The summed E-state index contributed by atoms with van der Waals surface area (Å²) in [6.45, 7) is 0.275. The highest BCUT2D eigenvalue weighted by Gasteiger charge is 2.10. The average Bonchev–Trinajstić information content (AvgIpc) is 2.39. The Morgan fingerprint density at radius 3 is 2.94 bits per heavy atom. The van der Waals surface area contributed by atoms with Crippen molar-refractivity contribution in [2.24, 2.45) is 5.73 Å². The summed E-state index contributed by atoms with van der Waals surface area (Å²) < 4.78 is 5.06. The number of hydrogen-bond donors (Lipinski definition) is 2. The topological polar surface area (TPSA) is 81.3 Å². The third-order valence-electron chi connectivity index (χ3n) is 2.48. The molecule has 1 aromatic heterocycles. The van der Waals surface area contributed by atoms with Crippen molar-refractivity contribution < 1.29 is 9.84 Å². The molecule has 0 saturated heterocycles. The van der Waals surface area contributed by atoms with E-state index in [9.17, 15) is 5.11 Å². The van der Waals surface area contributed by atoms with E-state index in [-0.39, 0.29) is 12.3 Å². The van der Waals surface area contributed by atoms with Crippen LogP contribution in [0.1, 0.15) is 5.56 Å². The molecule has 0 fully saturated rings. The molecule has 5 heteroatoms. The highest BCUT2D eigenvalue weighted by atomic mass is 16.5. The van der Waals surface area contributed by atoms with Crippen LogP contribution in [0.25, 0.3) is 11.3 Å². The van der Waals surface area contributed by atoms with Gasteiger partial charge in [-0.05, 0) is 6.07 Å². The summed E-state index contributed by atoms with van der Waals surface area (Å²) in [5, 5.41) is 17.8. The second-order valence-electron chi connectivity index (χ2n) is 3.50. The third-order valence-corrected chi connectivity index (χ3v) is 2.48. The maximum absolute atomic E-state index is 10.0. The van der Waals surface area contributed by atoms with Crippen LogP contribution in [0.2, 0.25) is 0 Å². The van der Waals surface area contributed by atoms with Crippen molar-refractivity contribution in [2.45, 2.75) is 6.54 Å². The summed E-state index contributed by atoms with van der Waals surface area (Å²) in [6.07, 6.45) is 1.51. The molecule has 2 rings (SSSR count). The van der Waals surface area contributed by atoms with Gasteiger partial charge in [-0.15, -0.1) is 0 Å². The molecule has 0 bridgehead atoms. The lowest BCUT2D eigenvalue weighted by molar-refractivity contribution is 0.411. The molecule has 0 aliphatic rings. The van der Waals surface area contributed by atoms with Gasteiger partial charge in [0, 0.05) is 23.7 Å². The minimum Gasteiger partial charge on any atom is -0.507 e. The predicted molar refractivity (Wildman–Crippen MR) is 63.6 cm³/mol. The summed E-state index contributed by atoms with van der Waals surface area (Å²) in [7, 11) is 1.55. The number of phenolic OH excluding ortho intramolecular Hbond substituents is 1. The van der Waals surface area contributed by atoms with Crippen LogP contribution in [-0.4, -0.2) is 22.4 Å². The van der Waals surface area contributed by atoms with Crippen LogP contribution >= 0.6 is 0 Å². The maximum Gasteiger partial charge on any atom is 0.141 e. The first-order valence-corrected chi connectivity index (χ1v) is 5.14. The lowest BCUT2D eigenvalue weighted by atomic mass is 10.1. The van der Waals surface area contributed by atoms with Crippen LogP contribution < -0.4 is 10.5 Å². The predicted octanol–water partition coefficient (Wildman–Crippen LogP) is 1.32. The number of aromatic hydroxyl groups is 1. The highest BCUT2D eigenvalue weighted by molar-refractivity contribution is 5.69. The fourth-order valence-electron chi connectivity index (χ4n) is 1.55. The largest absolute Gasteiger partial charge is 0.507 e. The molecule has 0 aliphatic heterocycles. The monoisotopic (exact) mass is 231 g/mol. The van der Waals surface area contributed by atoms with Gasteiger partial charge in [-0.3, -0.25) is 0 Å². The second kappa shape index (κ2) is 4.80. The molecular weight excluding hydrogens is 218 g/mol. The minimum atomic E-state index is 0.137. The van der Waals surface area contributed by atoms with E-state index in [1.807, 2.05) is 6.07 Å². The van der Waals surface area contributed by atoms with E-state index >= 15 is 0 Å². The number of nitrogens with zero attached hydrogens (tertiary/aromatic N) is 2. The molecule has 0 aliphatic carbocycles. The van der Waals surface area contributed by atoms with Crippen LogP contribution in [0.5, 0.6) is 11.5 Å². The van der Waals surface area contributed by atoms with Gasteiger partial charge in [0.15, 0.2) is 0 Å². The fourth-order valence-corrected chi connectivity index (χ4v) is 1.55. The zero-order chi connectivity index (χ0) is 12.3. The second-order valence-corrected chi connectivity index (χ2v) is 3.50. The number of rotatable bonds is 3. The summed E-state index contributed by atoms with van der Waals surface area (Å²) in [5.41, 5.74) is 7.36. The Bertz CT molecular complexity index is 529. The summed E-state index contributed by atoms with van der Waals surface area (Å²) in [6, 6.07) is 7.06. The normalized spacial score (nSPS) is 10.2. The van der Waals surface area contributed by atoms with Crippen molar-refractivity contribution in [1.29, 1.82) is 0 Å². The van der Waals surface area contributed by atoms with E-state index < -0.39 is 0 Å². The zero-order valence-electron chi connectivity index (χ0n) is 9.42. The summed E-state index contributed by atoms with van der Waals surface area (Å²) in [4.78, 5) is 0. The Hall–Kier alpha value is -2.14. The standard InChI is InChI=1S/C12H13N3O2/c1-17-9-5-11(15-14-7-9)10-4-2-3-8(6-13)12(10)16/h2-5,7,16H,6,13H2,1H3. The molecule has 1 heterocycles. The molecule has 0 amide bonds. The van der Waals surface area contributed by atoms with Crippen molar-refractivity contribution in [2.75, 3.05) is 7.11 Å². The molecule has 0 spiro atoms. The Labute approximate surface area is 98.9 Å². The van der Waals surface area contributed by atoms with E-state index in [2.05, 4.69) is 10.2 Å². The molecule has 2 aromatic rings. The zero-order valence-corrected chi connectivity index (χ0v) is 9.42. The van der Waals surface area contributed by atoms with Gasteiger partial charge < -0.3 is 15.6 Å². The number of methoxy groups -OCH3 is 1. The molecule has 0 saturated carbocycles. The van der Waals surface area contributed by atoms with E-state index in [0.717, 1.165) is 0 Å². The summed E-state index contributed by atoms with van der Waals surface area (Å²) >= 11 is 0. The summed E-state index contributed by atoms with van der Waals surface area (Å²) in [5.74, 6) is 0.727. The Kier molecular flexibility index (Phi) is 3.20.